The maximum Gasteiger partial charge on any atom is 0.138 e. The van der Waals surface area contributed by atoms with Crippen molar-refractivity contribution >= 4 is 11.6 Å². The number of benzene rings is 1. The number of nitrogens with one attached hydrogen (secondary N) is 1. The van der Waals surface area contributed by atoms with Crippen LogP contribution in [-0.4, -0.2) is 27.9 Å². The highest BCUT2D eigenvalue weighted by molar-refractivity contribution is 6.30. The largest absolute Gasteiger partial charge is 0.315 e. The summed E-state index contributed by atoms with van der Waals surface area (Å²) in [6, 6.07) is 8.49. The Morgan fingerprint density at radius 2 is 2.20 bits per heavy atom. The lowest BCUT2D eigenvalue weighted by Crippen LogP contribution is -2.58. The summed E-state index contributed by atoms with van der Waals surface area (Å²) < 4.78 is 2.00. The Balaban J connectivity index is 1.92. The molecule has 106 valence electrons. The van der Waals surface area contributed by atoms with Crippen LogP contribution < -0.4 is 5.32 Å². The highest BCUT2D eigenvalue weighted by Gasteiger charge is 2.40. The zero-order chi connectivity index (χ0) is 14.2. The molecule has 1 aromatic heterocycles. The molecule has 0 unspecified atom stereocenters. The first-order chi connectivity index (χ1) is 9.61. The minimum Gasteiger partial charge on any atom is -0.315 e. The van der Waals surface area contributed by atoms with Gasteiger partial charge in [0.15, 0.2) is 0 Å². The number of hydrogen-bond donors (Lipinski definition) is 1. The second-order valence-corrected chi connectivity index (χ2v) is 6.22. The standard InChI is InChI=1S/C15H19ClN4/c1-11(2)20-14(18-10-19-20)7-15(8-17-9-15)12-4-3-5-13(16)6-12/h3-6,10-11,17H,7-9H2,1-2H3. The van der Waals surface area contributed by atoms with Crippen LogP contribution in [0.5, 0.6) is 0 Å². The third-order valence-electron chi connectivity index (χ3n) is 4.00. The van der Waals surface area contributed by atoms with Crippen molar-refractivity contribution in [1.82, 2.24) is 20.1 Å². The Morgan fingerprint density at radius 1 is 1.40 bits per heavy atom. The van der Waals surface area contributed by atoms with Gasteiger partial charge < -0.3 is 5.32 Å². The van der Waals surface area contributed by atoms with Crippen LogP contribution in [-0.2, 0) is 11.8 Å². The molecule has 0 radical (unpaired) electrons. The van der Waals surface area contributed by atoms with Crippen molar-refractivity contribution in [2.75, 3.05) is 13.1 Å². The quantitative estimate of drug-likeness (QED) is 0.941. The van der Waals surface area contributed by atoms with Gasteiger partial charge in [0.2, 0.25) is 0 Å². The first-order valence-corrected chi connectivity index (χ1v) is 7.34. The van der Waals surface area contributed by atoms with Crippen LogP contribution in [0.4, 0.5) is 0 Å². The van der Waals surface area contributed by atoms with Crippen molar-refractivity contribution in [3.05, 3.63) is 47.0 Å². The van der Waals surface area contributed by atoms with Gasteiger partial charge in [0.1, 0.15) is 12.2 Å². The van der Waals surface area contributed by atoms with E-state index in [0.717, 1.165) is 30.4 Å². The van der Waals surface area contributed by atoms with Gasteiger partial charge in [-0.3, -0.25) is 0 Å². The molecule has 0 bridgehead atoms. The monoisotopic (exact) mass is 290 g/mol. The smallest absolute Gasteiger partial charge is 0.138 e. The summed E-state index contributed by atoms with van der Waals surface area (Å²) in [7, 11) is 0. The summed E-state index contributed by atoms with van der Waals surface area (Å²) in [6.07, 6.45) is 2.53. The number of hydrogen-bond acceptors (Lipinski definition) is 3. The minimum atomic E-state index is 0.0879. The second kappa shape index (κ2) is 5.19. The van der Waals surface area contributed by atoms with Gasteiger partial charge >= 0.3 is 0 Å². The van der Waals surface area contributed by atoms with E-state index in [1.807, 2.05) is 16.8 Å². The van der Waals surface area contributed by atoms with Gasteiger partial charge in [0.25, 0.3) is 0 Å². The molecule has 1 aromatic carbocycles. The van der Waals surface area contributed by atoms with Crippen LogP contribution in [0.15, 0.2) is 30.6 Å². The van der Waals surface area contributed by atoms with E-state index in [0.29, 0.717) is 6.04 Å². The van der Waals surface area contributed by atoms with Crippen LogP contribution in [0.1, 0.15) is 31.3 Å². The third-order valence-corrected chi connectivity index (χ3v) is 4.23. The average Bonchev–Trinajstić information content (AvgIpc) is 2.82. The molecule has 0 atom stereocenters. The molecule has 20 heavy (non-hydrogen) atoms. The Bertz CT molecular complexity index is 601. The van der Waals surface area contributed by atoms with Crippen molar-refractivity contribution in [2.24, 2.45) is 0 Å². The van der Waals surface area contributed by atoms with Gasteiger partial charge in [-0.25, -0.2) is 9.67 Å². The number of aromatic nitrogens is 3. The fourth-order valence-corrected chi connectivity index (χ4v) is 3.00. The first kappa shape index (κ1) is 13.6. The predicted octanol–water partition coefficient (Wildman–Crippen LogP) is 2.60. The summed E-state index contributed by atoms with van der Waals surface area (Å²) in [5.74, 6) is 1.04. The Labute approximate surface area is 124 Å². The van der Waals surface area contributed by atoms with Gasteiger partial charge in [-0.2, -0.15) is 5.10 Å². The molecule has 0 spiro atoms. The van der Waals surface area contributed by atoms with Gasteiger partial charge in [0.05, 0.1) is 0 Å². The lowest BCUT2D eigenvalue weighted by Gasteiger charge is -2.43. The molecule has 0 saturated carbocycles. The molecule has 1 N–H and O–H groups in total. The molecule has 1 fully saturated rings. The molecule has 2 heterocycles. The van der Waals surface area contributed by atoms with Gasteiger partial charge in [-0.05, 0) is 31.5 Å². The van der Waals surface area contributed by atoms with Crippen molar-refractivity contribution in [3.63, 3.8) is 0 Å². The van der Waals surface area contributed by atoms with Crippen LogP contribution >= 0.6 is 11.6 Å². The lowest BCUT2D eigenvalue weighted by molar-refractivity contribution is 0.264. The highest BCUT2D eigenvalue weighted by atomic mass is 35.5. The van der Waals surface area contributed by atoms with E-state index in [2.05, 4.69) is 41.4 Å². The number of halogens is 1. The third kappa shape index (κ3) is 2.34. The second-order valence-electron chi connectivity index (χ2n) is 5.79. The van der Waals surface area contributed by atoms with E-state index in [1.165, 1.54) is 5.56 Å². The zero-order valence-corrected chi connectivity index (χ0v) is 12.6. The summed E-state index contributed by atoms with van der Waals surface area (Å²) in [5.41, 5.74) is 1.37. The Hall–Kier alpha value is -1.39. The molecule has 1 saturated heterocycles. The topological polar surface area (TPSA) is 42.7 Å². The van der Waals surface area contributed by atoms with Crippen LogP contribution in [0.2, 0.25) is 5.02 Å². The zero-order valence-electron chi connectivity index (χ0n) is 11.8. The Morgan fingerprint density at radius 3 is 2.80 bits per heavy atom. The maximum absolute atomic E-state index is 6.14. The van der Waals surface area contributed by atoms with Gasteiger partial charge in [0, 0.05) is 36.0 Å². The normalized spacial score (nSPS) is 17.2. The predicted molar refractivity (Wildman–Crippen MR) is 80.1 cm³/mol. The van der Waals surface area contributed by atoms with E-state index in [1.54, 1.807) is 6.33 Å². The highest BCUT2D eigenvalue weighted by Crippen LogP contribution is 2.33. The molecular weight excluding hydrogens is 272 g/mol. The summed E-state index contributed by atoms with van der Waals surface area (Å²) in [4.78, 5) is 4.44. The van der Waals surface area contributed by atoms with Gasteiger partial charge in [-0.1, -0.05) is 23.7 Å². The molecule has 3 rings (SSSR count). The van der Waals surface area contributed by atoms with Crippen molar-refractivity contribution < 1.29 is 0 Å². The summed E-state index contributed by atoms with van der Waals surface area (Å²) in [5, 5.41) is 8.50. The van der Waals surface area contributed by atoms with Crippen molar-refractivity contribution in [3.8, 4) is 0 Å². The molecule has 4 nitrogen and oxygen atoms in total. The van der Waals surface area contributed by atoms with Gasteiger partial charge in [-0.15, -0.1) is 0 Å². The molecule has 1 aliphatic rings. The molecular formula is C15H19ClN4. The molecule has 0 amide bonds. The van der Waals surface area contributed by atoms with E-state index >= 15 is 0 Å². The average molecular weight is 291 g/mol. The van der Waals surface area contributed by atoms with Crippen LogP contribution in [0.25, 0.3) is 0 Å². The molecule has 0 aliphatic carbocycles. The van der Waals surface area contributed by atoms with E-state index in [9.17, 15) is 0 Å². The van der Waals surface area contributed by atoms with E-state index in [4.69, 9.17) is 11.6 Å². The molecule has 2 aromatic rings. The minimum absolute atomic E-state index is 0.0879. The number of rotatable bonds is 4. The summed E-state index contributed by atoms with van der Waals surface area (Å²) >= 11 is 6.14. The van der Waals surface area contributed by atoms with Crippen LogP contribution in [0.3, 0.4) is 0 Å². The van der Waals surface area contributed by atoms with E-state index < -0.39 is 0 Å². The lowest BCUT2D eigenvalue weighted by atomic mass is 9.72. The Kier molecular flexibility index (Phi) is 3.52. The molecule has 1 aliphatic heterocycles. The fourth-order valence-electron chi connectivity index (χ4n) is 2.81. The molecule has 5 heteroatoms. The first-order valence-electron chi connectivity index (χ1n) is 6.96. The van der Waals surface area contributed by atoms with Crippen molar-refractivity contribution in [2.45, 2.75) is 31.7 Å². The van der Waals surface area contributed by atoms with Crippen LogP contribution in [0, 0.1) is 0 Å². The number of nitrogens with zero attached hydrogens (tertiary/aromatic N) is 3. The fraction of sp³-hybridized carbons (Fsp3) is 0.467. The van der Waals surface area contributed by atoms with Crippen molar-refractivity contribution in [1.29, 1.82) is 0 Å². The van der Waals surface area contributed by atoms with E-state index in [-0.39, 0.29) is 5.41 Å². The summed E-state index contributed by atoms with van der Waals surface area (Å²) in [6.45, 7) is 6.17. The SMILES string of the molecule is CC(C)n1ncnc1CC1(c2cccc(Cl)c2)CNC1. The maximum atomic E-state index is 6.14.